The molecule has 68 heavy (non-hydrogen) atoms. The lowest BCUT2D eigenvalue weighted by molar-refractivity contribution is -0.225. The fourth-order valence-electron chi connectivity index (χ4n) is 11.4. The van der Waals surface area contributed by atoms with Gasteiger partial charge in [-0.3, -0.25) is 24.0 Å². The summed E-state index contributed by atoms with van der Waals surface area (Å²) in [5.41, 5.74) is 0.513. The zero-order chi connectivity index (χ0) is 48.2. The van der Waals surface area contributed by atoms with Gasteiger partial charge in [-0.1, -0.05) is 106 Å². The lowest BCUT2D eigenvalue weighted by Crippen LogP contribution is -2.70. The van der Waals surface area contributed by atoms with E-state index in [1.165, 1.54) is 4.90 Å². The summed E-state index contributed by atoms with van der Waals surface area (Å²) in [7, 11) is 1.60. The highest BCUT2D eigenvalue weighted by Crippen LogP contribution is 2.58. The van der Waals surface area contributed by atoms with Gasteiger partial charge in [-0.25, -0.2) is 0 Å². The van der Waals surface area contributed by atoms with Crippen LogP contribution in [0.25, 0.3) is 6.08 Å². The summed E-state index contributed by atoms with van der Waals surface area (Å²) < 4.78 is 31.8. The molecule has 14 heteroatoms. The molecule has 372 valence electrons. The second-order valence-electron chi connectivity index (χ2n) is 21.2. The van der Waals surface area contributed by atoms with Crippen molar-refractivity contribution in [2.45, 2.75) is 204 Å². The Balaban J connectivity index is 1.11. The number of aliphatic hydroxyl groups is 1. The van der Waals surface area contributed by atoms with E-state index in [-0.39, 0.29) is 32.2 Å². The van der Waals surface area contributed by atoms with Crippen LogP contribution in [0.15, 0.2) is 60.7 Å². The van der Waals surface area contributed by atoms with Gasteiger partial charge in [0.2, 0.25) is 11.8 Å². The largest absolute Gasteiger partial charge is 0.460 e. The van der Waals surface area contributed by atoms with E-state index < -0.39 is 89.7 Å². The average Bonchev–Trinajstić information content (AvgIpc) is 3.86. The summed E-state index contributed by atoms with van der Waals surface area (Å²) in [5.74, 6) is -2.46. The van der Waals surface area contributed by atoms with Crippen molar-refractivity contribution in [2.75, 3.05) is 13.7 Å². The molecule has 8 rings (SSSR count). The topological polar surface area (TPSA) is 166 Å². The first-order valence-electron chi connectivity index (χ1n) is 25.5. The van der Waals surface area contributed by atoms with E-state index in [9.17, 15) is 19.5 Å². The van der Waals surface area contributed by atoms with Gasteiger partial charge in [0, 0.05) is 39.2 Å². The molecule has 6 fully saturated rings. The van der Waals surface area contributed by atoms with Gasteiger partial charge >= 0.3 is 11.9 Å². The minimum absolute atomic E-state index is 0.0248. The summed E-state index contributed by atoms with van der Waals surface area (Å²) in [6.45, 7) is 9.42. The molecular weight excluding hydrogens is 867 g/mol. The third-order valence-electron chi connectivity index (χ3n) is 14.9. The van der Waals surface area contributed by atoms with Gasteiger partial charge in [-0.15, -0.1) is 0 Å². The quantitative estimate of drug-likeness (QED) is 0.0685. The second kappa shape index (κ2) is 21.4. The summed E-state index contributed by atoms with van der Waals surface area (Å²) in [6.07, 6.45) is 12.9. The molecule has 2 aromatic rings. The van der Waals surface area contributed by atoms with E-state index in [0.29, 0.717) is 31.0 Å². The monoisotopic (exact) mass is 942 g/mol. The van der Waals surface area contributed by atoms with Gasteiger partial charge in [0.05, 0.1) is 31.4 Å². The van der Waals surface area contributed by atoms with Crippen LogP contribution in [0.1, 0.15) is 141 Å². The zero-order valence-corrected chi connectivity index (χ0v) is 41.1. The number of nitrogens with one attached hydrogen (secondary N) is 1. The van der Waals surface area contributed by atoms with Crippen molar-refractivity contribution in [3.8, 4) is 0 Å². The van der Waals surface area contributed by atoms with Crippen molar-refractivity contribution in [1.29, 1.82) is 0 Å². The van der Waals surface area contributed by atoms with E-state index in [2.05, 4.69) is 43.4 Å². The molecule has 0 aromatic heterocycles. The molecule has 2 aliphatic carbocycles. The number of hydrogen-bond acceptors (Lipinski definition) is 12. The number of carbonyl (C=O) groups excluding carboxylic acids is 4. The molecule has 4 heterocycles. The number of hydroxylamine groups is 2. The molecule has 2 amide bonds. The Morgan fingerprint density at radius 2 is 1.66 bits per heavy atom. The molecule has 11 atom stereocenters. The maximum absolute atomic E-state index is 16.0. The molecule has 0 radical (unpaired) electrons. The molecule has 14 nitrogen and oxygen atoms in total. The second-order valence-corrected chi connectivity index (χ2v) is 21.2. The third kappa shape index (κ3) is 11.2. The third-order valence-corrected chi connectivity index (χ3v) is 14.9. The normalized spacial score (nSPS) is 30.0. The summed E-state index contributed by atoms with van der Waals surface area (Å²) in [5, 5.41) is 15.0. The Labute approximate surface area is 402 Å². The van der Waals surface area contributed by atoms with Crippen LogP contribution in [0.5, 0.6) is 0 Å². The molecule has 0 spiro atoms. The lowest BCUT2D eigenvalue weighted by Gasteiger charge is -2.50. The number of benzene rings is 2. The van der Waals surface area contributed by atoms with Crippen LogP contribution < -0.4 is 5.32 Å². The molecular formula is C54H75N3O11. The Hall–Kier alpha value is -4.18. The van der Waals surface area contributed by atoms with Crippen LogP contribution in [0, 0.1) is 11.3 Å². The maximum atomic E-state index is 16.0. The molecule has 4 saturated heterocycles. The summed E-state index contributed by atoms with van der Waals surface area (Å²) in [4.78, 5) is 66.5. The van der Waals surface area contributed by atoms with Crippen LogP contribution in [0.3, 0.4) is 0 Å². The molecule has 2 N–H and O–H groups in total. The zero-order valence-electron chi connectivity index (χ0n) is 41.1. The number of esters is 2. The Morgan fingerprint density at radius 3 is 2.35 bits per heavy atom. The highest BCUT2D eigenvalue weighted by atomic mass is 16.8. The number of hydrogen-bond donors (Lipinski definition) is 2. The van der Waals surface area contributed by atoms with E-state index in [1.54, 1.807) is 32.9 Å². The number of nitrogens with zero attached hydrogens (tertiary/aromatic N) is 2. The van der Waals surface area contributed by atoms with Crippen LogP contribution in [-0.2, 0) is 60.7 Å². The number of fused-ring (bicyclic) bond motifs is 5. The van der Waals surface area contributed by atoms with Gasteiger partial charge in [0.15, 0.2) is 11.8 Å². The van der Waals surface area contributed by atoms with Crippen LogP contribution in [-0.4, -0.2) is 119 Å². The molecule has 2 aromatic carbocycles. The molecule has 5 unspecified atom stereocenters. The number of amides is 2. The minimum atomic E-state index is -1.52. The van der Waals surface area contributed by atoms with Crippen molar-refractivity contribution >= 4 is 29.8 Å². The summed E-state index contributed by atoms with van der Waals surface area (Å²) >= 11 is 0. The van der Waals surface area contributed by atoms with E-state index >= 15 is 4.79 Å². The number of likely N-dealkylation sites (N-methyl/N-ethyl adjacent to an activating group) is 1. The number of carbonyl (C=O) groups is 4. The Kier molecular flexibility index (Phi) is 15.8. The number of ether oxygens (including phenoxy) is 5. The van der Waals surface area contributed by atoms with Gasteiger partial charge in [-0.05, 0) is 81.9 Å². The first kappa shape index (κ1) is 50.2. The van der Waals surface area contributed by atoms with E-state index in [1.807, 2.05) is 42.5 Å². The van der Waals surface area contributed by atoms with Gasteiger partial charge in [-0.2, -0.15) is 5.06 Å². The van der Waals surface area contributed by atoms with Crippen LogP contribution in [0.2, 0.25) is 0 Å². The maximum Gasteiger partial charge on any atom is 0.327 e. The fourth-order valence-corrected chi connectivity index (χ4v) is 11.4. The molecule has 6 aliphatic rings. The van der Waals surface area contributed by atoms with Gasteiger partial charge in [0.25, 0.3) is 0 Å². The number of allylic oxidation sites excluding steroid dienone is 1. The lowest BCUT2D eigenvalue weighted by atomic mass is 9.62. The predicted octanol–water partition coefficient (Wildman–Crippen LogP) is 7.38. The number of aliphatic hydroxyl groups excluding tert-OH is 1. The smallest absolute Gasteiger partial charge is 0.327 e. The highest BCUT2D eigenvalue weighted by molar-refractivity contribution is 5.96. The van der Waals surface area contributed by atoms with Crippen molar-refractivity contribution < 1.29 is 52.8 Å². The van der Waals surface area contributed by atoms with Gasteiger partial charge < -0.3 is 39.0 Å². The highest BCUT2D eigenvalue weighted by Gasteiger charge is 2.76. The van der Waals surface area contributed by atoms with Crippen molar-refractivity contribution in [1.82, 2.24) is 15.3 Å². The number of rotatable bonds is 22. The van der Waals surface area contributed by atoms with E-state index in [0.717, 1.165) is 74.5 Å². The van der Waals surface area contributed by atoms with Crippen LogP contribution >= 0.6 is 0 Å². The predicted molar refractivity (Wildman–Crippen MR) is 254 cm³/mol. The average molecular weight is 942 g/mol. The molecule has 2 bridgehead atoms. The SMILES string of the molecule is CCCCCC1(CCCCC)O[C@@H]2[C@H]3ON(Cc4cccc(C=CC5CCC6OC6C5)c4)[C@H]4C(=O)OC(CC34C(=O)N(C)[C@H](Cc3ccccc3)C(=O)N[C@H](CO)CCC(=O)OC(C)(C)C)[C@@H]2O1. The minimum Gasteiger partial charge on any atom is -0.460 e. The van der Waals surface area contributed by atoms with Crippen molar-refractivity contribution in [3.05, 3.63) is 77.4 Å². The Bertz CT molecular complexity index is 2100. The Morgan fingerprint density at radius 1 is 0.941 bits per heavy atom. The number of unbranched alkanes of at least 4 members (excludes halogenated alkanes) is 4. The fraction of sp³-hybridized carbons (Fsp3) is 0.667. The molecule has 2 saturated carbocycles. The first-order valence-corrected chi connectivity index (χ1v) is 25.5. The molecule has 4 aliphatic heterocycles. The van der Waals surface area contributed by atoms with Gasteiger partial charge in [0.1, 0.15) is 41.5 Å². The van der Waals surface area contributed by atoms with Crippen molar-refractivity contribution in [3.63, 3.8) is 0 Å². The van der Waals surface area contributed by atoms with Crippen molar-refractivity contribution in [2.24, 2.45) is 11.3 Å². The van der Waals surface area contributed by atoms with E-state index in [4.69, 9.17) is 28.5 Å². The van der Waals surface area contributed by atoms with Crippen LogP contribution in [0.4, 0.5) is 0 Å². The first-order chi connectivity index (χ1) is 32.7. The summed E-state index contributed by atoms with van der Waals surface area (Å²) in [6, 6.07) is 14.5. The number of epoxide rings is 1. The standard InChI is InChI=1S/C54H75N3O11/c1-7-9-14-27-53(28-15-10-8-2)66-45-43-32-54(51(62)56(6)40(30-35-17-12-11-13-18-35)49(60)55-39(34-58)24-26-44(59)65-52(3,4)5)47(50(61)64-43)57(68-48(54)46(45)67-53)33-38-20-16-19-36(29-38)21-22-37-23-25-41-42(31-37)63-41/h11-13,16-22,29,37,39-43,45-48,58H,7-10,14-15,23-28,30-34H2,1-6H3,(H,55,60)/t37?,39-,40+,41?,42?,43?,45-,46-,47-,48+,54?/m0/s1.